The number of carbonyl (C=O) groups is 1. The molecule has 1 atom stereocenters. The van der Waals surface area contributed by atoms with Crippen molar-refractivity contribution in [3.05, 3.63) is 48.0 Å². The van der Waals surface area contributed by atoms with Gasteiger partial charge in [0.1, 0.15) is 11.5 Å². The van der Waals surface area contributed by atoms with Gasteiger partial charge in [0, 0.05) is 11.6 Å². The number of rotatable bonds is 7. The fourth-order valence-electron chi connectivity index (χ4n) is 2.49. The Morgan fingerprint density at radius 3 is 2.58 bits per heavy atom. The summed E-state index contributed by atoms with van der Waals surface area (Å²) in [5.41, 5.74) is 8.86. The van der Waals surface area contributed by atoms with Gasteiger partial charge in [-0.15, -0.1) is 0 Å². The molecule has 5 nitrogen and oxygen atoms in total. The Morgan fingerprint density at radius 1 is 1.12 bits per heavy atom. The van der Waals surface area contributed by atoms with Crippen molar-refractivity contribution in [1.29, 1.82) is 0 Å². The van der Waals surface area contributed by atoms with E-state index in [9.17, 15) is 4.79 Å². The Morgan fingerprint density at radius 2 is 1.92 bits per heavy atom. The first-order valence-corrected chi connectivity index (χ1v) is 7.82. The van der Waals surface area contributed by atoms with Crippen molar-refractivity contribution in [2.45, 2.75) is 19.4 Å². The predicted molar refractivity (Wildman–Crippen MR) is 93.2 cm³/mol. The van der Waals surface area contributed by atoms with E-state index < -0.39 is 6.04 Å². The maximum Gasteiger partial charge on any atom is 0.307 e. The molecule has 0 aliphatic rings. The first-order valence-electron chi connectivity index (χ1n) is 7.82. The lowest BCUT2D eigenvalue weighted by Gasteiger charge is -2.15. The SMILES string of the molecule is CCOC(=O)C[C@H](N)c1cccc(-c2cc(OC)ccc2OC)c1. The standard InChI is InChI=1S/C19H23NO4/c1-4-24-19(21)12-17(20)14-7-5-6-13(10-14)16-11-15(22-2)8-9-18(16)23-3/h5-11,17H,4,12,20H2,1-3H3/t17-/m0/s1. The van der Waals surface area contributed by atoms with Crippen LogP contribution in [0.2, 0.25) is 0 Å². The first-order chi connectivity index (χ1) is 11.6. The van der Waals surface area contributed by atoms with Gasteiger partial charge in [-0.3, -0.25) is 4.79 Å². The molecular weight excluding hydrogens is 306 g/mol. The molecule has 0 fully saturated rings. The number of hydrogen-bond acceptors (Lipinski definition) is 5. The van der Waals surface area contributed by atoms with Crippen LogP contribution in [0.25, 0.3) is 11.1 Å². The molecule has 2 rings (SSSR count). The molecule has 0 saturated carbocycles. The minimum atomic E-state index is -0.416. The average molecular weight is 329 g/mol. The molecule has 24 heavy (non-hydrogen) atoms. The Labute approximate surface area is 142 Å². The highest BCUT2D eigenvalue weighted by molar-refractivity contribution is 5.73. The van der Waals surface area contributed by atoms with Crippen LogP contribution in [0, 0.1) is 0 Å². The molecule has 0 saturated heterocycles. The summed E-state index contributed by atoms with van der Waals surface area (Å²) in [6.07, 6.45) is 0.145. The summed E-state index contributed by atoms with van der Waals surface area (Å²) in [7, 11) is 3.25. The van der Waals surface area contributed by atoms with E-state index in [1.165, 1.54) is 0 Å². The minimum absolute atomic E-state index is 0.145. The minimum Gasteiger partial charge on any atom is -0.497 e. The van der Waals surface area contributed by atoms with Crippen LogP contribution in [0.3, 0.4) is 0 Å². The molecule has 0 aliphatic carbocycles. The van der Waals surface area contributed by atoms with Gasteiger partial charge in [0.25, 0.3) is 0 Å². The number of carbonyl (C=O) groups excluding carboxylic acids is 1. The summed E-state index contributed by atoms with van der Waals surface area (Å²) in [5.74, 6) is 1.19. The van der Waals surface area contributed by atoms with E-state index in [0.717, 1.165) is 28.2 Å². The summed E-state index contributed by atoms with van der Waals surface area (Å²) in [4.78, 5) is 11.6. The number of esters is 1. The van der Waals surface area contributed by atoms with Crippen molar-refractivity contribution in [3.8, 4) is 22.6 Å². The highest BCUT2D eigenvalue weighted by Crippen LogP contribution is 2.34. The molecule has 0 aliphatic heterocycles. The maximum atomic E-state index is 11.6. The van der Waals surface area contributed by atoms with Crippen LogP contribution in [0.15, 0.2) is 42.5 Å². The second kappa shape index (κ2) is 8.36. The Kier molecular flexibility index (Phi) is 6.21. The summed E-state index contributed by atoms with van der Waals surface area (Å²) in [5, 5.41) is 0. The monoisotopic (exact) mass is 329 g/mol. The van der Waals surface area contributed by atoms with Crippen LogP contribution in [-0.2, 0) is 9.53 Å². The van der Waals surface area contributed by atoms with Gasteiger partial charge in [-0.1, -0.05) is 18.2 Å². The molecule has 0 aromatic heterocycles. The quantitative estimate of drug-likeness (QED) is 0.789. The molecule has 2 N–H and O–H groups in total. The van der Waals surface area contributed by atoms with Crippen molar-refractivity contribution in [1.82, 2.24) is 0 Å². The van der Waals surface area contributed by atoms with Crippen molar-refractivity contribution in [2.24, 2.45) is 5.73 Å². The second-order valence-electron chi connectivity index (χ2n) is 5.31. The van der Waals surface area contributed by atoms with Gasteiger partial charge < -0.3 is 19.9 Å². The normalized spacial score (nSPS) is 11.7. The highest BCUT2D eigenvalue weighted by atomic mass is 16.5. The third kappa shape index (κ3) is 4.26. The Hall–Kier alpha value is -2.53. The fraction of sp³-hybridized carbons (Fsp3) is 0.316. The summed E-state index contributed by atoms with van der Waals surface area (Å²) in [6.45, 7) is 2.13. The molecular formula is C19H23NO4. The largest absolute Gasteiger partial charge is 0.497 e. The van der Waals surface area contributed by atoms with E-state index in [-0.39, 0.29) is 12.4 Å². The van der Waals surface area contributed by atoms with Crippen LogP contribution in [0.5, 0.6) is 11.5 Å². The lowest BCUT2D eigenvalue weighted by Crippen LogP contribution is -2.17. The summed E-state index contributed by atoms with van der Waals surface area (Å²) in [6, 6.07) is 12.9. The maximum absolute atomic E-state index is 11.6. The van der Waals surface area contributed by atoms with Gasteiger partial charge in [-0.25, -0.2) is 0 Å². The van der Waals surface area contributed by atoms with E-state index in [1.807, 2.05) is 42.5 Å². The number of hydrogen-bond donors (Lipinski definition) is 1. The van der Waals surface area contributed by atoms with E-state index >= 15 is 0 Å². The smallest absolute Gasteiger partial charge is 0.307 e. The average Bonchev–Trinajstić information content (AvgIpc) is 2.61. The van der Waals surface area contributed by atoms with Gasteiger partial charge in [-0.05, 0) is 42.3 Å². The Balaban J connectivity index is 2.32. The molecule has 0 amide bonds. The van der Waals surface area contributed by atoms with Crippen LogP contribution >= 0.6 is 0 Å². The Bertz CT molecular complexity index is 700. The molecule has 2 aromatic rings. The third-order valence-corrected chi connectivity index (χ3v) is 3.72. The van der Waals surface area contributed by atoms with Gasteiger partial charge in [0.15, 0.2) is 0 Å². The first kappa shape index (κ1) is 17.8. The lowest BCUT2D eigenvalue weighted by atomic mass is 9.97. The van der Waals surface area contributed by atoms with Gasteiger partial charge >= 0.3 is 5.97 Å². The van der Waals surface area contributed by atoms with Crippen LogP contribution in [0.4, 0.5) is 0 Å². The van der Waals surface area contributed by atoms with Gasteiger partial charge in [0.2, 0.25) is 0 Å². The van der Waals surface area contributed by atoms with E-state index in [1.54, 1.807) is 21.1 Å². The van der Waals surface area contributed by atoms with E-state index in [2.05, 4.69) is 0 Å². The van der Waals surface area contributed by atoms with Crippen LogP contribution < -0.4 is 15.2 Å². The fourth-order valence-corrected chi connectivity index (χ4v) is 2.49. The highest BCUT2D eigenvalue weighted by Gasteiger charge is 2.14. The second-order valence-corrected chi connectivity index (χ2v) is 5.31. The molecule has 128 valence electrons. The van der Waals surface area contributed by atoms with Crippen molar-refractivity contribution in [3.63, 3.8) is 0 Å². The van der Waals surface area contributed by atoms with Crippen LogP contribution in [-0.4, -0.2) is 26.8 Å². The zero-order valence-electron chi connectivity index (χ0n) is 14.2. The molecule has 0 radical (unpaired) electrons. The van der Waals surface area contributed by atoms with E-state index in [0.29, 0.717) is 6.61 Å². The zero-order chi connectivity index (χ0) is 17.5. The summed E-state index contributed by atoms with van der Waals surface area (Å²) < 4.78 is 15.7. The number of benzene rings is 2. The van der Waals surface area contributed by atoms with Gasteiger partial charge in [0.05, 0.1) is 27.2 Å². The van der Waals surface area contributed by atoms with Crippen LogP contribution in [0.1, 0.15) is 24.9 Å². The summed E-state index contributed by atoms with van der Waals surface area (Å²) >= 11 is 0. The number of ether oxygens (including phenoxy) is 3. The third-order valence-electron chi connectivity index (χ3n) is 3.72. The molecule has 0 bridgehead atoms. The molecule has 2 aromatic carbocycles. The molecule has 5 heteroatoms. The van der Waals surface area contributed by atoms with Gasteiger partial charge in [-0.2, -0.15) is 0 Å². The topological polar surface area (TPSA) is 70.8 Å². The molecule has 0 spiro atoms. The van der Waals surface area contributed by atoms with Crippen molar-refractivity contribution < 1.29 is 19.0 Å². The van der Waals surface area contributed by atoms with Crippen molar-refractivity contribution in [2.75, 3.05) is 20.8 Å². The number of nitrogens with two attached hydrogens (primary N) is 1. The van der Waals surface area contributed by atoms with E-state index in [4.69, 9.17) is 19.9 Å². The molecule has 0 unspecified atom stereocenters. The lowest BCUT2D eigenvalue weighted by molar-refractivity contribution is -0.143. The zero-order valence-corrected chi connectivity index (χ0v) is 14.2. The molecule has 0 heterocycles. The number of methoxy groups -OCH3 is 2. The van der Waals surface area contributed by atoms with Crippen molar-refractivity contribution >= 4 is 5.97 Å². The predicted octanol–water partition coefficient (Wildman–Crippen LogP) is 3.32.